The molecule has 0 aliphatic rings. The van der Waals surface area contributed by atoms with Crippen LogP contribution in [0.2, 0.25) is 0 Å². The maximum Gasteiger partial charge on any atom is 0.159 e. The van der Waals surface area contributed by atoms with Crippen LogP contribution in [0.3, 0.4) is 0 Å². The minimum atomic E-state index is -0.843. The molecule has 0 amide bonds. The van der Waals surface area contributed by atoms with E-state index in [0.717, 1.165) is 6.07 Å². The van der Waals surface area contributed by atoms with E-state index < -0.39 is 11.6 Å². The van der Waals surface area contributed by atoms with Gasteiger partial charge in [0.1, 0.15) is 0 Å². The van der Waals surface area contributed by atoms with Crippen LogP contribution in [0.15, 0.2) is 18.2 Å². The third-order valence-electron chi connectivity index (χ3n) is 2.91. The van der Waals surface area contributed by atoms with E-state index in [2.05, 4.69) is 5.32 Å². The third-order valence-corrected chi connectivity index (χ3v) is 2.91. The van der Waals surface area contributed by atoms with Crippen molar-refractivity contribution >= 4 is 0 Å². The lowest BCUT2D eigenvalue weighted by atomic mass is 9.84. The van der Waals surface area contributed by atoms with Crippen molar-refractivity contribution in [1.29, 1.82) is 0 Å². The molecule has 0 saturated carbocycles. The molecule has 0 radical (unpaired) electrons. The highest BCUT2D eigenvalue weighted by Crippen LogP contribution is 2.23. The van der Waals surface area contributed by atoms with Gasteiger partial charge in [-0.1, -0.05) is 19.9 Å². The highest BCUT2D eigenvalue weighted by molar-refractivity contribution is 5.25. The number of aliphatic hydroxyl groups excluding tert-OH is 1. The molecule has 4 N–H and O–H groups in total. The Morgan fingerprint density at radius 1 is 1.33 bits per heavy atom. The quantitative estimate of drug-likeness (QED) is 0.717. The van der Waals surface area contributed by atoms with E-state index in [1.54, 1.807) is 6.07 Å². The Labute approximate surface area is 106 Å². The summed E-state index contributed by atoms with van der Waals surface area (Å²) in [6, 6.07) is 3.60. The fraction of sp³-hybridized carbons (Fsp3) is 0.538. The summed E-state index contributed by atoms with van der Waals surface area (Å²) in [6.45, 7) is 4.81. The predicted molar refractivity (Wildman–Crippen MR) is 67.3 cm³/mol. The van der Waals surface area contributed by atoms with Crippen molar-refractivity contribution in [1.82, 2.24) is 5.32 Å². The molecule has 0 spiro atoms. The molecular formula is C13H20F2N2O. The van der Waals surface area contributed by atoms with Crippen LogP contribution in [0.25, 0.3) is 0 Å². The molecule has 0 aromatic heterocycles. The monoisotopic (exact) mass is 258 g/mol. The smallest absolute Gasteiger partial charge is 0.159 e. The standard InChI is InChI=1S/C13H20F2N2O/c1-13(2,8-17-6-10(16)7-18)9-3-4-11(14)12(15)5-9/h3-5,10,17-18H,6-8,16H2,1-2H3. The number of aliphatic hydroxyl groups is 1. The molecule has 1 aromatic rings. The Kier molecular flexibility index (Phi) is 5.19. The van der Waals surface area contributed by atoms with Crippen molar-refractivity contribution in [2.75, 3.05) is 19.7 Å². The zero-order valence-electron chi connectivity index (χ0n) is 10.7. The van der Waals surface area contributed by atoms with Crippen LogP contribution in [0.5, 0.6) is 0 Å². The zero-order chi connectivity index (χ0) is 13.8. The lowest BCUT2D eigenvalue weighted by Crippen LogP contribution is -2.41. The van der Waals surface area contributed by atoms with Crippen molar-refractivity contribution < 1.29 is 13.9 Å². The normalized spacial score (nSPS) is 13.7. The number of benzene rings is 1. The topological polar surface area (TPSA) is 58.3 Å². The summed E-state index contributed by atoms with van der Waals surface area (Å²) in [5, 5.41) is 11.9. The first-order valence-electron chi connectivity index (χ1n) is 5.89. The number of hydrogen-bond donors (Lipinski definition) is 3. The number of halogens is 2. The van der Waals surface area contributed by atoms with E-state index >= 15 is 0 Å². The molecule has 5 heteroatoms. The van der Waals surface area contributed by atoms with E-state index in [0.29, 0.717) is 18.7 Å². The molecule has 1 aromatic carbocycles. The van der Waals surface area contributed by atoms with Gasteiger partial charge in [0.15, 0.2) is 11.6 Å². The van der Waals surface area contributed by atoms with Gasteiger partial charge in [-0.15, -0.1) is 0 Å². The summed E-state index contributed by atoms with van der Waals surface area (Å²) in [7, 11) is 0. The highest BCUT2D eigenvalue weighted by Gasteiger charge is 2.21. The Morgan fingerprint density at radius 3 is 2.56 bits per heavy atom. The van der Waals surface area contributed by atoms with Crippen LogP contribution in [-0.4, -0.2) is 30.8 Å². The summed E-state index contributed by atoms with van der Waals surface area (Å²) in [5.74, 6) is -1.68. The van der Waals surface area contributed by atoms with Crippen molar-refractivity contribution in [2.45, 2.75) is 25.3 Å². The number of rotatable bonds is 6. The molecule has 102 valence electrons. The van der Waals surface area contributed by atoms with Crippen molar-refractivity contribution in [3.05, 3.63) is 35.4 Å². The van der Waals surface area contributed by atoms with Crippen LogP contribution in [0, 0.1) is 11.6 Å². The molecule has 1 rings (SSSR count). The van der Waals surface area contributed by atoms with E-state index in [1.165, 1.54) is 6.07 Å². The second-order valence-corrected chi connectivity index (χ2v) is 5.09. The maximum atomic E-state index is 13.2. The molecule has 0 aliphatic carbocycles. The van der Waals surface area contributed by atoms with E-state index in [9.17, 15) is 8.78 Å². The lowest BCUT2D eigenvalue weighted by Gasteiger charge is -2.26. The van der Waals surface area contributed by atoms with E-state index in [1.807, 2.05) is 13.8 Å². The number of hydrogen-bond acceptors (Lipinski definition) is 3. The van der Waals surface area contributed by atoms with Gasteiger partial charge in [-0.3, -0.25) is 0 Å². The first-order chi connectivity index (χ1) is 8.36. The molecule has 0 fully saturated rings. The van der Waals surface area contributed by atoms with Gasteiger partial charge < -0.3 is 16.2 Å². The van der Waals surface area contributed by atoms with Crippen molar-refractivity contribution in [3.63, 3.8) is 0 Å². The molecule has 0 bridgehead atoms. The maximum absolute atomic E-state index is 13.2. The Morgan fingerprint density at radius 2 is 2.00 bits per heavy atom. The van der Waals surface area contributed by atoms with Gasteiger partial charge in [0.2, 0.25) is 0 Å². The van der Waals surface area contributed by atoms with Crippen LogP contribution in [-0.2, 0) is 5.41 Å². The van der Waals surface area contributed by atoms with Crippen LogP contribution in [0.4, 0.5) is 8.78 Å². The van der Waals surface area contributed by atoms with Crippen molar-refractivity contribution in [3.8, 4) is 0 Å². The fourth-order valence-electron chi connectivity index (χ4n) is 1.65. The van der Waals surface area contributed by atoms with Gasteiger partial charge in [0.25, 0.3) is 0 Å². The Bertz CT molecular complexity index is 397. The second-order valence-electron chi connectivity index (χ2n) is 5.09. The predicted octanol–water partition coefficient (Wildman–Crippen LogP) is 1.15. The first-order valence-corrected chi connectivity index (χ1v) is 5.89. The first kappa shape index (κ1) is 15.0. The SMILES string of the molecule is CC(C)(CNCC(N)CO)c1ccc(F)c(F)c1. The van der Waals surface area contributed by atoms with Gasteiger partial charge in [0, 0.05) is 24.5 Å². The van der Waals surface area contributed by atoms with Gasteiger partial charge in [-0.2, -0.15) is 0 Å². The van der Waals surface area contributed by atoms with Crippen LogP contribution in [0.1, 0.15) is 19.4 Å². The molecule has 3 nitrogen and oxygen atoms in total. The van der Waals surface area contributed by atoms with E-state index in [-0.39, 0.29) is 18.1 Å². The number of nitrogens with one attached hydrogen (secondary N) is 1. The summed E-state index contributed by atoms with van der Waals surface area (Å²) in [6.07, 6.45) is 0. The molecule has 1 unspecified atom stereocenters. The fourth-order valence-corrected chi connectivity index (χ4v) is 1.65. The molecule has 0 heterocycles. The van der Waals surface area contributed by atoms with Crippen molar-refractivity contribution in [2.24, 2.45) is 5.73 Å². The molecule has 0 saturated heterocycles. The zero-order valence-corrected chi connectivity index (χ0v) is 10.7. The largest absolute Gasteiger partial charge is 0.395 e. The lowest BCUT2D eigenvalue weighted by molar-refractivity contribution is 0.260. The highest BCUT2D eigenvalue weighted by atomic mass is 19.2. The summed E-state index contributed by atoms with van der Waals surface area (Å²) < 4.78 is 26.0. The average molecular weight is 258 g/mol. The van der Waals surface area contributed by atoms with Gasteiger partial charge in [0.05, 0.1) is 6.61 Å². The average Bonchev–Trinajstić information content (AvgIpc) is 2.32. The Hall–Kier alpha value is -1.04. The minimum absolute atomic E-state index is 0.0847. The molecule has 1 atom stereocenters. The third kappa shape index (κ3) is 4.01. The Balaban J connectivity index is 2.64. The summed E-state index contributed by atoms with van der Waals surface area (Å²) in [5.41, 5.74) is 5.93. The summed E-state index contributed by atoms with van der Waals surface area (Å²) >= 11 is 0. The van der Waals surface area contributed by atoms with Gasteiger partial charge in [-0.25, -0.2) is 8.78 Å². The van der Waals surface area contributed by atoms with Gasteiger partial charge >= 0.3 is 0 Å². The second kappa shape index (κ2) is 6.22. The van der Waals surface area contributed by atoms with Crippen LogP contribution < -0.4 is 11.1 Å². The van der Waals surface area contributed by atoms with E-state index in [4.69, 9.17) is 10.8 Å². The van der Waals surface area contributed by atoms with Gasteiger partial charge in [-0.05, 0) is 17.7 Å². The number of nitrogens with two attached hydrogens (primary N) is 1. The molecular weight excluding hydrogens is 238 g/mol. The molecule has 18 heavy (non-hydrogen) atoms. The molecule has 0 aliphatic heterocycles. The van der Waals surface area contributed by atoms with Crippen LogP contribution >= 0.6 is 0 Å². The minimum Gasteiger partial charge on any atom is -0.395 e. The summed E-state index contributed by atoms with van der Waals surface area (Å²) in [4.78, 5) is 0.